The van der Waals surface area contributed by atoms with Crippen molar-refractivity contribution in [3.63, 3.8) is 0 Å². The maximum Gasteiger partial charge on any atom is 0.254 e. The van der Waals surface area contributed by atoms with E-state index in [0.29, 0.717) is 17.5 Å². The number of nitrogens with one attached hydrogen (secondary N) is 2. The molecule has 2 atom stereocenters. The van der Waals surface area contributed by atoms with Gasteiger partial charge in [0.25, 0.3) is 5.91 Å². The molecular weight excluding hydrogens is 372 g/mol. The first-order valence-electron chi connectivity index (χ1n) is 9.39. The molecule has 0 radical (unpaired) electrons. The minimum absolute atomic E-state index is 0.0487. The number of carbonyl (C=O) groups excluding carboxylic acids is 1. The van der Waals surface area contributed by atoms with E-state index < -0.39 is 5.91 Å². The van der Waals surface area contributed by atoms with Gasteiger partial charge in [-0.1, -0.05) is 18.9 Å². The summed E-state index contributed by atoms with van der Waals surface area (Å²) in [7, 11) is 0. The number of hydrogen-bond donors (Lipinski definition) is 4. The van der Waals surface area contributed by atoms with Gasteiger partial charge in [0.1, 0.15) is 17.7 Å². The van der Waals surface area contributed by atoms with Crippen molar-refractivity contribution in [2.45, 2.75) is 37.8 Å². The van der Waals surface area contributed by atoms with Gasteiger partial charge in [-0.2, -0.15) is 4.98 Å². The van der Waals surface area contributed by atoms with E-state index in [2.05, 4.69) is 36.1 Å². The van der Waals surface area contributed by atoms with Crippen LogP contribution in [0.2, 0.25) is 0 Å². The van der Waals surface area contributed by atoms with E-state index in [9.17, 15) is 4.79 Å². The maximum atomic E-state index is 11.9. The third kappa shape index (κ3) is 4.29. The molecule has 1 aliphatic rings. The van der Waals surface area contributed by atoms with Crippen molar-refractivity contribution in [1.29, 1.82) is 0 Å². The van der Waals surface area contributed by atoms with Crippen LogP contribution in [-0.4, -0.2) is 48.2 Å². The van der Waals surface area contributed by atoms with E-state index in [0.717, 1.165) is 31.4 Å². The minimum Gasteiger partial charge on any atom is -0.365 e. The number of carbonyl (C=O) groups is 1. The number of nitrogens with zero attached hydrogens (tertiary/aromatic N) is 6. The van der Waals surface area contributed by atoms with Gasteiger partial charge in [0.2, 0.25) is 5.95 Å². The normalized spacial score (nSPS) is 18.9. The molecule has 11 heteroatoms. The summed E-state index contributed by atoms with van der Waals surface area (Å²) >= 11 is 0. The molecule has 0 spiro atoms. The molecule has 150 valence electrons. The lowest BCUT2D eigenvalue weighted by Gasteiger charge is -2.29. The zero-order valence-electron chi connectivity index (χ0n) is 15.7. The molecule has 0 aliphatic heterocycles. The summed E-state index contributed by atoms with van der Waals surface area (Å²) in [6.45, 7) is 0. The zero-order chi connectivity index (χ0) is 20.2. The Morgan fingerprint density at radius 1 is 1.24 bits per heavy atom. The molecule has 4 rings (SSSR count). The number of benzene rings is 1. The van der Waals surface area contributed by atoms with Gasteiger partial charge < -0.3 is 22.1 Å². The summed E-state index contributed by atoms with van der Waals surface area (Å²) in [5.41, 5.74) is 13.3. The molecule has 29 heavy (non-hydrogen) atoms. The molecule has 1 amide bonds. The van der Waals surface area contributed by atoms with Crippen LogP contribution in [0.15, 0.2) is 36.8 Å². The summed E-state index contributed by atoms with van der Waals surface area (Å²) in [6.07, 6.45) is 7.07. The Hall–Kier alpha value is -3.60. The molecule has 1 saturated carbocycles. The zero-order valence-corrected chi connectivity index (χ0v) is 15.7. The summed E-state index contributed by atoms with van der Waals surface area (Å²) < 4.78 is 1.53. The largest absolute Gasteiger partial charge is 0.365 e. The topological polar surface area (TPSA) is 163 Å². The monoisotopic (exact) mass is 394 g/mol. The van der Waals surface area contributed by atoms with E-state index >= 15 is 0 Å². The van der Waals surface area contributed by atoms with Gasteiger partial charge >= 0.3 is 0 Å². The Morgan fingerprint density at radius 3 is 2.86 bits per heavy atom. The average molecular weight is 394 g/mol. The molecule has 2 aromatic heterocycles. The van der Waals surface area contributed by atoms with E-state index in [-0.39, 0.29) is 17.6 Å². The predicted molar refractivity (Wildman–Crippen MR) is 107 cm³/mol. The Kier molecular flexibility index (Phi) is 5.29. The van der Waals surface area contributed by atoms with Crippen molar-refractivity contribution in [1.82, 2.24) is 30.2 Å². The van der Waals surface area contributed by atoms with Crippen molar-refractivity contribution in [2.75, 3.05) is 10.6 Å². The summed E-state index contributed by atoms with van der Waals surface area (Å²) in [5, 5.41) is 17.6. The van der Waals surface area contributed by atoms with Crippen molar-refractivity contribution < 1.29 is 4.79 Å². The van der Waals surface area contributed by atoms with Crippen LogP contribution in [0, 0.1) is 0 Å². The molecule has 3 aromatic rings. The molecule has 0 saturated heterocycles. The molecule has 6 N–H and O–H groups in total. The molecule has 11 nitrogen and oxygen atoms in total. The molecule has 1 aromatic carbocycles. The highest BCUT2D eigenvalue weighted by molar-refractivity contribution is 5.98. The lowest BCUT2D eigenvalue weighted by molar-refractivity contribution is 0.100. The quantitative estimate of drug-likeness (QED) is 0.477. The second-order valence-electron chi connectivity index (χ2n) is 6.95. The van der Waals surface area contributed by atoms with E-state index in [4.69, 9.17) is 11.5 Å². The molecule has 1 fully saturated rings. The van der Waals surface area contributed by atoms with E-state index in [1.54, 1.807) is 0 Å². The number of primary amides is 1. The van der Waals surface area contributed by atoms with E-state index in [1.807, 2.05) is 24.3 Å². The van der Waals surface area contributed by atoms with Crippen molar-refractivity contribution >= 4 is 23.4 Å². The first kappa shape index (κ1) is 18.7. The predicted octanol–water partition coefficient (Wildman–Crippen LogP) is 0.977. The third-order valence-corrected chi connectivity index (χ3v) is 4.91. The van der Waals surface area contributed by atoms with Crippen LogP contribution < -0.4 is 22.1 Å². The number of tetrazole rings is 1. The fraction of sp³-hybridized carbons (Fsp3) is 0.333. The SMILES string of the molecule is NC(=O)c1cnc(NC2CCCCC2N)nc1Nc1cccc(-n2cnnn2)c1. The highest BCUT2D eigenvalue weighted by atomic mass is 16.1. The number of rotatable bonds is 6. The lowest BCUT2D eigenvalue weighted by Crippen LogP contribution is -2.43. The lowest BCUT2D eigenvalue weighted by atomic mass is 9.91. The minimum atomic E-state index is -0.620. The smallest absolute Gasteiger partial charge is 0.254 e. The number of hydrogen-bond acceptors (Lipinski definition) is 9. The van der Waals surface area contributed by atoms with Gasteiger partial charge in [-0.3, -0.25) is 4.79 Å². The van der Waals surface area contributed by atoms with Gasteiger partial charge in [-0.25, -0.2) is 9.67 Å². The number of nitrogens with two attached hydrogens (primary N) is 2. The Bertz CT molecular complexity index is 990. The number of aromatic nitrogens is 6. The second kappa shape index (κ2) is 8.19. The molecule has 2 heterocycles. The highest BCUT2D eigenvalue weighted by Crippen LogP contribution is 2.24. The van der Waals surface area contributed by atoms with Gasteiger partial charge in [0, 0.05) is 24.0 Å². The fourth-order valence-corrected chi connectivity index (χ4v) is 3.37. The van der Waals surface area contributed by atoms with E-state index in [1.165, 1.54) is 17.2 Å². The summed E-state index contributed by atoms with van der Waals surface area (Å²) in [6, 6.07) is 7.50. The molecule has 0 bridgehead atoms. The van der Waals surface area contributed by atoms with Crippen molar-refractivity contribution in [3.05, 3.63) is 42.4 Å². The van der Waals surface area contributed by atoms with Gasteiger partial charge in [-0.15, -0.1) is 5.10 Å². The van der Waals surface area contributed by atoms with Crippen LogP contribution in [0.4, 0.5) is 17.5 Å². The summed E-state index contributed by atoms with van der Waals surface area (Å²) in [4.78, 5) is 20.6. The van der Waals surface area contributed by atoms with Crippen molar-refractivity contribution in [3.8, 4) is 5.69 Å². The van der Waals surface area contributed by atoms with Gasteiger partial charge in [0.05, 0.1) is 5.69 Å². The molecule has 2 unspecified atom stereocenters. The summed E-state index contributed by atoms with van der Waals surface area (Å²) in [5.74, 6) is 0.0924. The average Bonchev–Trinajstić information content (AvgIpc) is 3.25. The first-order chi connectivity index (χ1) is 14.1. The van der Waals surface area contributed by atoms with Crippen LogP contribution in [0.1, 0.15) is 36.0 Å². The van der Waals surface area contributed by atoms with Crippen LogP contribution in [0.25, 0.3) is 5.69 Å². The van der Waals surface area contributed by atoms with Gasteiger partial charge in [-0.05, 0) is 41.5 Å². The molecule has 1 aliphatic carbocycles. The first-order valence-corrected chi connectivity index (χ1v) is 9.39. The van der Waals surface area contributed by atoms with Crippen LogP contribution >= 0.6 is 0 Å². The fourth-order valence-electron chi connectivity index (χ4n) is 3.37. The van der Waals surface area contributed by atoms with Crippen molar-refractivity contribution in [2.24, 2.45) is 11.5 Å². The van der Waals surface area contributed by atoms with Crippen LogP contribution in [0.5, 0.6) is 0 Å². The van der Waals surface area contributed by atoms with Crippen LogP contribution in [0.3, 0.4) is 0 Å². The van der Waals surface area contributed by atoms with Gasteiger partial charge in [0.15, 0.2) is 0 Å². The maximum absolute atomic E-state index is 11.9. The Labute approximate surface area is 166 Å². The second-order valence-corrected chi connectivity index (χ2v) is 6.95. The number of amides is 1. The molecular formula is C18H22N10O. The number of anilines is 3. The Balaban J connectivity index is 1.60. The van der Waals surface area contributed by atoms with Crippen LogP contribution in [-0.2, 0) is 0 Å². The standard InChI is InChI=1S/C18H22N10O/c19-14-6-1-2-7-15(14)24-18-21-9-13(16(20)29)17(25-18)23-11-4-3-5-12(8-11)28-10-22-26-27-28/h3-5,8-10,14-15H,1-2,6-7,19H2,(H2,20,29)(H2,21,23,24,25). The Morgan fingerprint density at radius 2 is 2.10 bits per heavy atom. The highest BCUT2D eigenvalue weighted by Gasteiger charge is 2.23. The third-order valence-electron chi connectivity index (χ3n) is 4.91.